The molecule has 0 amide bonds. The van der Waals surface area contributed by atoms with E-state index in [1.165, 1.54) is 11.3 Å². The van der Waals surface area contributed by atoms with Gasteiger partial charge in [-0.1, -0.05) is 26.0 Å². The first-order chi connectivity index (χ1) is 8.76. The minimum atomic E-state index is 0.338. The van der Waals surface area contributed by atoms with E-state index >= 15 is 0 Å². The van der Waals surface area contributed by atoms with Crippen molar-refractivity contribution in [3.8, 4) is 0 Å². The highest BCUT2D eigenvalue weighted by molar-refractivity contribution is 5.75. The normalized spacial score (nSPS) is 13.1. The molecule has 1 heterocycles. The van der Waals surface area contributed by atoms with Gasteiger partial charge >= 0.3 is 0 Å². The number of nitrogens with zero attached hydrogens (tertiary/aromatic N) is 2. The maximum atomic E-state index is 5.97. The van der Waals surface area contributed by atoms with Crippen LogP contribution < -0.4 is 5.73 Å². The molecule has 0 aliphatic heterocycles. The summed E-state index contributed by atoms with van der Waals surface area (Å²) in [5, 5.41) is 0. The Morgan fingerprint density at radius 1 is 1.28 bits per heavy atom. The van der Waals surface area contributed by atoms with Gasteiger partial charge in [0.25, 0.3) is 0 Å². The summed E-state index contributed by atoms with van der Waals surface area (Å²) in [6, 6.07) is 8.71. The first-order valence-corrected chi connectivity index (χ1v) is 6.96. The minimum absolute atomic E-state index is 0.338. The number of hydrogen-bond donors (Lipinski definition) is 1. The predicted molar refractivity (Wildman–Crippen MR) is 76.6 cm³/mol. The molecular weight excluding hydrogens is 222 g/mol. The molecule has 2 aromatic rings. The standard InChI is InChI=1S/C15H23N3/c1-3-12(16)8-7-11-18-14-10-6-5-9-13(14)17-15(18)4-2/h5-6,9-10,12H,3-4,7-8,11,16H2,1-2H3. The van der Waals surface area contributed by atoms with Crippen LogP contribution in [0, 0.1) is 0 Å². The van der Waals surface area contributed by atoms with E-state index in [0.29, 0.717) is 6.04 Å². The smallest absolute Gasteiger partial charge is 0.109 e. The van der Waals surface area contributed by atoms with E-state index in [2.05, 4.69) is 41.6 Å². The SMILES string of the molecule is CCc1nc2ccccc2n1CCCC(N)CC. The van der Waals surface area contributed by atoms with Crippen molar-refractivity contribution in [2.75, 3.05) is 0 Å². The van der Waals surface area contributed by atoms with Crippen LogP contribution in [-0.4, -0.2) is 15.6 Å². The molecule has 1 unspecified atom stereocenters. The molecule has 18 heavy (non-hydrogen) atoms. The first kappa shape index (κ1) is 13.1. The van der Waals surface area contributed by atoms with Gasteiger partial charge in [-0.25, -0.2) is 4.98 Å². The molecule has 0 bridgehead atoms. The van der Waals surface area contributed by atoms with E-state index in [1.54, 1.807) is 0 Å². The molecule has 3 nitrogen and oxygen atoms in total. The Hall–Kier alpha value is -1.35. The van der Waals surface area contributed by atoms with Crippen molar-refractivity contribution in [2.24, 2.45) is 5.73 Å². The molecule has 98 valence electrons. The maximum absolute atomic E-state index is 5.97. The van der Waals surface area contributed by atoms with Crippen LogP contribution in [0.15, 0.2) is 24.3 Å². The number of benzene rings is 1. The molecule has 0 spiro atoms. The van der Waals surface area contributed by atoms with E-state index in [0.717, 1.165) is 37.7 Å². The van der Waals surface area contributed by atoms with E-state index in [-0.39, 0.29) is 0 Å². The van der Waals surface area contributed by atoms with Gasteiger partial charge in [0, 0.05) is 19.0 Å². The Morgan fingerprint density at radius 3 is 2.78 bits per heavy atom. The topological polar surface area (TPSA) is 43.8 Å². The Kier molecular flexibility index (Phi) is 4.37. The zero-order valence-corrected chi connectivity index (χ0v) is 11.4. The summed E-state index contributed by atoms with van der Waals surface area (Å²) in [5.41, 5.74) is 8.33. The highest BCUT2D eigenvalue weighted by Crippen LogP contribution is 2.17. The second-order valence-corrected chi connectivity index (χ2v) is 4.83. The first-order valence-electron chi connectivity index (χ1n) is 6.96. The van der Waals surface area contributed by atoms with Gasteiger partial charge < -0.3 is 10.3 Å². The van der Waals surface area contributed by atoms with Gasteiger partial charge in [0.2, 0.25) is 0 Å². The van der Waals surface area contributed by atoms with Crippen LogP contribution in [0.1, 0.15) is 38.9 Å². The van der Waals surface area contributed by atoms with Gasteiger partial charge in [0.15, 0.2) is 0 Å². The summed E-state index contributed by atoms with van der Waals surface area (Å²) in [6.07, 6.45) is 4.26. The number of nitrogens with two attached hydrogens (primary N) is 1. The second-order valence-electron chi connectivity index (χ2n) is 4.83. The van der Waals surface area contributed by atoms with E-state index in [1.807, 2.05) is 6.07 Å². The second kappa shape index (κ2) is 6.01. The molecule has 0 aliphatic rings. The molecule has 1 atom stereocenters. The summed E-state index contributed by atoms with van der Waals surface area (Å²) in [7, 11) is 0. The molecule has 3 heteroatoms. The summed E-state index contributed by atoms with van der Waals surface area (Å²) >= 11 is 0. The molecule has 2 rings (SSSR count). The van der Waals surface area contributed by atoms with Crippen LogP contribution in [0.25, 0.3) is 11.0 Å². The van der Waals surface area contributed by atoms with E-state index in [4.69, 9.17) is 5.73 Å². The number of aryl methyl sites for hydroxylation is 2. The van der Waals surface area contributed by atoms with Crippen molar-refractivity contribution in [3.05, 3.63) is 30.1 Å². The summed E-state index contributed by atoms with van der Waals surface area (Å²) < 4.78 is 2.34. The lowest BCUT2D eigenvalue weighted by molar-refractivity contribution is 0.522. The summed E-state index contributed by atoms with van der Waals surface area (Å²) in [4.78, 5) is 4.68. The van der Waals surface area contributed by atoms with Crippen LogP contribution in [0.5, 0.6) is 0 Å². The fraction of sp³-hybridized carbons (Fsp3) is 0.533. The fourth-order valence-electron chi connectivity index (χ4n) is 2.36. The molecule has 0 radical (unpaired) electrons. The average molecular weight is 245 g/mol. The van der Waals surface area contributed by atoms with Crippen LogP contribution in [0.2, 0.25) is 0 Å². The van der Waals surface area contributed by atoms with Gasteiger partial charge in [0.1, 0.15) is 5.82 Å². The monoisotopic (exact) mass is 245 g/mol. The molecule has 0 aliphatic carbocycles. The third-order valence-corrected chi connectivity index (χ3v) is 3.53. The van der Waals surface area contributed by atoms with Crippen molar-refractivity contribution >= 4 is 11.0 Å². The van der Waals surface area contributed by atoms with Gasteiger partial charge in [0.05, 0.1) is 11.0 Å². The summed E-state index contributed by atoms with van der Waals surface area (Å²) in [5.74, 6) is 1.18. The number of para-hydroxylation sites is 2. The lowest BCUT2D eigenvalue weighted by Crippen LogP contribution is -2.19. The highest BCUT2D eigenvalue weighted by Gasteiger charge is 2.08. The quantitative estimate of drug-likeness (QED) is 0.849. The Morgan fingerprint density at radius 2 is 2.06 bits per heavy atom. The Bertz CT molecular complexity index is 501. The van der Waals surface area contributed by atoms with Crippen molar-refractivity contribution < 1.29 is 0 Å². The molecule has 2 N–H and O–H groups in total. The predicted octanol–water partition coefficient (Wildman–Crippen LogP) is 3.12. The minimum Gasteiger partial charge on any atom is -0.328 e. The molecule has 0 saturated heterocycles. The maximum Gasteiger partial charge on any atom is 0.109 e. The van der Waals surface area contributed by atoms with Gasteiger partial charge in [-0.2, -0.15) is 0 Å². The van der Waals surface area contributed by atoms with Crippen molar-refractivity contribution in [1.29, 1.82) is 0 Å². The zero-order chi connectivity index (χ0) is 13.0. The molecular formula is C15H23N3. The van der Waals surface area contributed by atoms with Gasteiger partial charge in [-0.15, -0.1) is 0 Å². The Balaban J connectivity index is 2.15. The third-order valence-electron chi connectivity index (χ3n) is 3.53. The lowest BCUT2D eigenvalue weighted by atomic mass is 10.1. The summed E-state index contributed by atoms with van der Waals surface area (Å²) in [6.45, 7) is 5.33. The van der Waals surface area contributed by atoms with Gasteiger partial charge in [-0.05, 0) is 31.4 Å². The zero-order valence-electron chi connectivity index (χ0n) is 11.4. The van der Waals surface area contributed by atoms with Crippen molar-refractivity contribution in [3.63, 3.8) is 0 Å². The fourth-order valence-corrected chi connectivity index (χ4v) is 2.36. The van der Waals surface area contributed by atoms with E-state index in [9.17, 15) is 0 Å². The average Bonchev–Trinajstić information content (AvgIpc) is 2.77. The van der Waals surface area contributed by atoms with Crippen LogP contribution in [-0.2, 0) is 13.0 Å². The third kappa shape index (κ3) is 2.72. The molecule has 0 saturated carbocycles. The number of fused-ring (bicyclic) bond motifs is 1. The number of hydrogen-bond acceptors (Lipinski definition) is 2. The Labute approximate surface area is 109 Å². The number of rotatable bonds is 6. The largest absolute Gasteiger partial charge is 0.328 e. The molecule has 0 fully saturated rings. The number of aromatic nitrogens is 2. The molecule has 1 aromatic carbocycles. The molecule has 1 aromatic heterocycles. The van der Waals surface area contributed by atoms with E-state index < -0.39 is 0 Å². The number of imidazole rings is 1. The van der Waals surface area contributed by atoms with Crippen molar-refractivity contribution in [2.45, 2.75) is 52.1 Å². The van der Waals surface area contributed by atoms with Crippen LogP contribution in [0.4, 0.5) is 0 Å². The van der Waals surface area contributed by atoms with Gasteiger partial charge in [-0.3, -0.25) is 0 Å². The lowest BCUT2D eigenvalue weighted by Gasteiger charge is -2.11. The highest BCUT2D eigenvalue weighted by atomic mass is 15.1. The van der Waals surface area contributed by atoms with Crippen LogP contribution >= 0.6 is 0 Å². The van der Waals surface area contributed by atoms with Crippen molar-refractivity contribution in [1.82, 2.24) is 9.55 Å². The van der Waals surface area contributed by atoms with Crippen LogP contribution in [0.3, 0.4) is 0 Å².